The van der Waals surface area contributed by atoms with Gasteiger partial charge >= 0.3 is 0 Å². The smallest absolute Gasteiger partial charge is 0.203 e. The van der Waals surface area contributed by atoms with Gasteiger partial charge in [0.05, 0.1) is 18.7 Å². The van der Waals surface area contributed by atoms with E-state index >= 15 is 0 Å². The summed E-state index contributed by atoms with van der Waals surface area (Å²) in [5, 5.41) is 6.97. The Morgan fingerprint density at radius 3 is 2.57 bits per heavy atom. The van der Waals surface area contributed by atoms with Crippen molar-refractivity contribution in [2.45, 2.75) is 19.9 Å². The highest BCUT2D eigenvalue weighted by Crippen LogP contribution is 2.14. The lowest BCUT2D eigenvalue weighted by Crippen LogP contribution is -2.44. The van der Waals surface area contributed by atoms with Gasteiger partial charge in [0.1, 0.15) is 11.8 Å². The summed E-state index contributed by atoms with van der Waals surface area (Å²) in [6.07, 6.45) is 5.52. The lowest BCUT2D eigenvalue weighted by Gasteiger charge is -2.21. The molecule has 5 nitrogen and oxygen atoms in total. The van der Waals surface area contributed by atoms with Crippen LogP contribution in [0.4, 0.5) is 5.69 Å². The predicted molar refractivity (Wildman–Crippen MR) is 95.3 cm³/mol. The van der Waals surface area contributed by atoms with E-state index in [1.54, 1.807) is 18.2 Å². The molecule has 0 saturated heterocycles. The third-order valence-corrected chi connectivity index (χ3v) is 4.11. The van der Waals surface area contributed by atoms with E-state index in [-0.39, 0.29) is 17.7 Å². The normalized spacial score (nSPS) is 27.7. The number of benzene rings is 1. The topological polar surface area (TPSA) is 47.7 Å². The third-order valence-electron chi connectivity index (χ3n) is 3.86. The van der Waals surface area contributed by atoms with Crippen LogP contribution in [-0.2, 0) is 4.79 Å². The number of anilines is 1. The first-order valence-electron chi connectivity index (χ1n) is 7.50. The van der Waals surface area contributed by atoms with Gasteiger partial charge in [-0.05, 0) is 44.2 Å². The minimum absolute atomic E-state index is 0.0960. The summed E-state index contributed by atoms with van der Waals surface area (Å²) in [7, 11) is 3.89. The summed E-state index contributed by atoms with van der Waals surface area (Å²) in [5.41, 5.74) is 4.17. The number of hydrogen-bond donors (Lipinski definition) is 1. The summed E-state index contributed by atoms with van der Waals surface area (Å²) < 4.78 is 1.98. The van der Waals surface area contributed by atoms with Crippen LogP contribution in [0, 0.1) is 5.92 Å². The molecule has 0 bridgehead atoms. The fourth-order valence-corrected chi connectivity index (χ4v) is 2.40. The molecule has 0 saturated carbocycles. The molecule has 2 unspecified atom stereocenters. The Morgan fingerprint density at radius 1 is 1.26 bits per heavy atom. The second-order valence-corrected chi connectivity index (χ2v) is 6.11. The Kier molecular flexibility index (Phi) is 5.55. The van der Waals surface area contributed by atoms with Gasteiger partial charge in [-0.15, -0.1) is 4.68 Å². The van der Waals surface area contributed by atoms with E-state index in [2.05, 4.69) is 16.7 Å². The fourth-order valence-electron chi connectivity index (χ4n) is 2.27. The maximum Gasteiger partial charge on any atom is 0.203 e. The Hall–Kier alpha value is -2.14. The highest BCUT2D eigenvalue weighted by Gasteiger charge is 2.27. The quantitative estimate of drug-likeness (QED) is 0.668. The van der Waals surface area contributed by atoms with Crippen molar-refractivity contribution in [3.05, 3.63) is 41.4 Å². The van der Waals surface area contributed by atoms with Crippen molar-refractivity contribution in [2.24, 2.45) is 11.0 Å². The van der Waals surface area contributed by atoms with E-state index in [9.17, 15) is 4.79 Å². The molecule has 0 spiro atoms. The fraction of sp³-hybridized carbons (Fsp3) is 0.353. The Bertz CT molecular complexity index is 664. The average Bonchev–Trinajstić information content (AvgIpc) is 2.55. The number of hydrogen-bond acceptors (Lipinski definition) is 4. The molecule has 1 N–H and O–H groups in total. The van der Waals surface area contributed by atoms with Gasteiger partial charge < -0.3 is 0 Å². The lowest BCUT2D eigenvalue weighted by atomic mass is 10.1. The van der Waals surface area contributed by atoms with Crippen LogP contribution in [0.25, 0.3) is 0 Å². The number of ketones is 1. The zero-order chi connectivity index (χ0) is 17.0. The van der Waals surface area contributed by atoms with Gasteiger partial charge in [-0.2, -0.15) is 10.1 Å². The molecule has 0 amide bonds. The van der Waals surface area contributed by atoms with Crippen molar-refractivity contribution in [1.29, 1.82) is 0 Å². The molecule has 0 radical (unpaired) electrons. The number of carbonyl (C=O) groups excluding carboxylic acids is 1. The first-order chi connectivity index (χ1) is 10.9. The molecule has 1 heterocycles. The van der Waals surface area contributed by atoms with Crippen LogP contribution in [0.2, 0.25) is 5.02 Å². The molecule has 23 heavy (non-hydrogen) atoms. The monoisotopic (exact) mass is 333 g/mol. The maximum atomic E-state index is 12.5. The summed E-state index contributed by atoms with van der Waals surface area (Å²) in [6, 6.07) is 7.01. The molecule has 0 aromatic heterocycles. The van der Waals surface area contributed by atoms with Crippen molar-refractivity contribution in [3.63, 3.8) is 0 Å². The number of allylic oxidation sites excluding steroid dienone is 2. The van der Waals surface area contributed by atoms with Crippen molar-refractivity contribution in [2.75, 3.05) is 19.5 Å². The second-order valence-electron chi connectivity index (χ2n) is 5.67. The molecule has 122 valence electrons. The number of nitrogens with one attached hydrogen (secondary N) is 1. The van der Waals surface area contributed by atoms with Gasteiger partial charge in [-0.25, -0.2) is 0 Å². The average molecular weight is 334 g/mol. The van der Waals surface area contributed by atoms with Gasteiger partial charge in [0.2, 0.25) is 5.78 Å². The second kappa shape index (κ2) is 7.42. The Balaban J connectivity index is 2.30. The lowest BCUT2D eigenvalue weighted by molar-refractivity contribution is -0.663. The minimum Gasteiger partial charge on any atom is -0.288 e. The standard InChI is InChI=1S/C17H21ClN4O/c1-12-5-10-16(23)17(13(2)22(4)21(3)11-12)20-19-15-8-6-14(18)7-9-15/h5-13H,1-4H3/p+1/b10-5-,21-11-. The van der Waals surface area contributed by atoms with Gasteiger partial charge in [0.25, 0.3) is 0 Å². The summed E-state index contributed by atoms with van der Waals surface area (Å²) in [6.45, 7) is 3.99. The van der Waals surface area contributed by atoms with E-state index in [0.29, 0.717) is 10.7 Å². The van der Waals surface area contributed by atoms with E-state index in [0.717, 1.165) is 5.69 Å². The molecule has 2 atom stereocenters. The number of nitrogens with zero attached hydrogens (tertiary/aromatic N) is 3. The first kappa shape index (κ1) is 17.2. The molecule has 1 aliphatic rings. The molecule has 0 fully saturated rings. The SMILES string of the molecule is CC1/C=C\C(=O)C(=NNc2ccc(Cl)cc2)C(C)N(C)/[N+](C)=C\1. The third kappa shape index (κ3) is 4.42. The van der Waals surface area contributed by atoms with Crippen molar-refractivity contribution in [1.82, 2.24) is 5.01 Å². The molecule has 2 rings (SSSR count). The highest BCUT2D eigenvalue weighted by molar-refractivity contribution is 6.45. The van der Waals surface area contributed by atoms with Gasteiger partial charge in [-0.3, -0.25) is 10.2 Å². The van der Waals surface area contributed by atoms with Crippen LogP contribution in [0.5, 0.6) is 0 Å². The highest BCUT2D eigenvalue weighted by atomic mass is 35.5. The molecule has 1 aromatic rings. The van der Waals surface area contributed by atoms with Crippen LogP contribution in [0.1, 0.15) is 13.8 Å². The number of rotatable bonds is 2. The minimum atomic E-state index is -0.168. The van der Waals surface area contributed by atoms with Gasteiger partial charge in [0.15, 0.2) is 13.3 Å². The number of carbonyl (C=O) groups is 1. The zero-order valence-electron chi connectivity index (χ0n) is 13.8. The Labute approximate surface area is 141 Å². The Morgan fingerprint density at radius 2 is 1.91 bits per heavy atom. The predicted octanol–water partition coefficient (Wildman–Crippen LogP) is 2.83. The van der Waals surface area contributed by atoms with Crippen LogP contribution in [-0.4, -0.2) is 47.5 Å². The van der Waals surface area contributed by atoms with E-state index in [1.807, 2.05) is 55.8 Å². The molecular formula is C17H22ClN4O+. The molecule has 0 aliphatic carbocycles. The number of halogens is 1. The van der Waals surface area contributed by atoms with E-state index in [4.69, 9.17) is 11.6 Å². The molecule has 1 aliphatic heterocycles. The first-order valence-corrected chi connectivity index (χ1v) is 7.88. The summed E-state index contributed by atoms with van der Waals surface area (Å²) in [4.78, 5) is 12.5. The molecule has 6 heteroatoms. The molecule has 1 aromatic carbocycles. The van der Waals surface area contributed by atoms with Gasteiger partial charge in [0, 0.05) is 5.02 Å². The van der Waals surface area contributed by atoms with Crippen LogP contribution in [0.3, 0.4) is 0 Å². The summed E-state index contributed by atoms with van der Waals surface area (Å²) in [5.74, 6) is 0.0727. The number of hydrazine groups is 1. The number of hydrazone groups is 2. The molecular weight excluding hydrogens is 312 g/mol. The van der Waals surface area contributed by atoms with Crippen LogP contribution >= 0.6 is 11.6 Å². The summed E-state index contributed by atoms with van der Waals surface area (Å²) >= 11 is 5.87. The van der Waals surface area contributed by atoms with Crippen molar-refractivity contribution < 1.29 is 9.48 Å². The van der Waals surface area contributed by atoms with Gasteiger partial charge in [-0.1, -0.05) is 17.7 Å². The maximum absolute atomic E-state index is 12.5. The van der Waals surface area contributed by atoms with Crippen LogP contribution < -0.4 is 5.43 Å². The van der Waals surface area contributed by atoms with E-state index in [1.165, 1.54) is 0 Å². The van der Waals surface area contributed by atoms with Crippen LogP contribution in [0.15, 0.2) is 41.5 Å². The zero-order valence-corrected chi connectivity index (χ0v) is 14.6. The largest absolute Gasteiger partial charge is 0.288 e. The van der Waals surface area contributed by atoms with E-state index < -0.39 is 0 Å². The van der Waals surface area contributed by atoms with Crippen molar-refractivity contribution in [3.8, 4) is 0 Å². The van der Waals surface area contributed by atoms with Crippen molar-refractivity contribution >= 4 is 35.0 Å².